The van der Waals surface area contributed by atoms with Gasteiger partial charge in [0, 0.05) is 12.1 Å². The lowest BCUT2D eigenvalue weighted by atomic mass is 9.76. The molecule has 2 atom stereocenters. The summed E-state index contributed by atoms with van der Waals surface area (Å²) in [6.07, 6.45) is 8.61. The van der Waals surface area contributed by atoms with E-state index in [1.807, 2.05) is 0 Å². The van der Waals surface area contributed by atoms with Crippen LogP contribution in [-0.4, -0.2) is 30.9 Å². The summed E-state index contributed by atoms with van der Waals surface area (Å²) in [5, 5.41) is 11.4. The topological polar surface area (TPSA) is 51.1 Å². The van der Waals surface area contributed by atoms with Crippen molar-refractivity contribution >= 4 is 6.21 Å². The van der Waals surface area contributed by atoms with Crippen LogP contribution in [0.15, 0.2) is 5.16 Å². The highest BCUT2D eigenvalue weighted by Gasteiger charge is 2.34. The molecule has 1 heterocycles. The Morgan fingerprint density at radius 3 is 2.69 bits per heavy atom. The lowest BCUT2D eigenvalue weighted by Crippen LogP contribution is -2.31. The zero-order valence-electron chi connectivity index (χ0n) is 9.68. The van der Waals surface area contributed by atoms with E-state index in [0.29, 0.717) is 11.8 Å². The molecular weight excluding hydrogens is 206 g/mol. The molecule has 0 aromatic rings. The Morgan fingerprint density at radius 1 is 1.19 bits per heavy atom. The van der Waals surface area contributed by atoms with E-state index in [4.69, 9.17) is 14.7 Å². The molecular formula is C12H21NO3. The minimum absolute atomic E-state index is 0.0244. The van der Waals surface area contributed by atoms with E-state index >= 15 is 0 Å². The summed E-state index contributed by atoms with van der Waals surface area (Å²) in [6.45, 7) is 1.48. The third-order valence-corrected chi connectivity index (χ3v) is 3.71. The standard InChI is InChI=1S/C12H21NO3/c14-13-7-3-5-10-4-1-2-6-11(10)12-15-8-9-16-12/h7,10-12,14H,1-6,8-9H2/b13-7+. The van der Waals surface area contributed by atoms with Gasteiger partial charge in [-0.2, -0.15) is 0 Å². The average Bonchev–Trinajstić information content (AvgIpc) is 2.83. The first-order valence-electron chi connectivity index (χ1n) is 6.31. The summed E-state index contributed by atoms with van der Waals surface area (Å²) in [6, 6.07) is 0. The molecule has 0 amide bonds. The van der Waals surface area contributed by atoms with Gasteiger partial charge in [0.1, 0.15) is 0 Å². The van der Waals surface area contributed by atoms with Crippen LogP contribution in [0.2, 0.25) is 0 Å². The normalized spacial score (nSPS) is 32.5. The second-order valence-corrected chi connectivity index (χ2v) is 4.69. The molecule has 16 heavy (non-hydrogen) atoms. The lowest BCUT2D eigenvalue weighted by Gasteiger charge is -2.34. The predicted octanol–water partition coefficient (Wildman–Crippen LogP) is 2.41. The summed E-state index contributed by atoms with van der Waals surface area (Å²) in [4.78, 5) is 0. The third-order valence-electron chi connectivity index (χ3n) is 3.71. The van der Waals surface area contributed by atoms with E-state index in [1.54, 1.807) is 6.21 Å². The lowest BCUT2D eigenvalue weighted by molar-refractivity contribution is -0.109. The van der Waals surface area contributed by atoms with E-state index in [0.717, 1.165) is 26.1 Å². The molecule has 4 nitrogen and oxygen atoms in total. The fourth-order valence-electron chi connectivity index (χ4n) is 2.92. The Hall–Kier alpha value is -0.610. The third kappa shape index (κ3) is 2.95. The van der Waals surface area contributed by atoms with Crippen molar-refractivity contribution in [2.75, 3.05) is 13.2 Å². The summed E-state index contributed by atoms with van der Waals surface area (Å²) in [5.41, 5.74) is 0. The highest BCUT2D eigenvalue weighted by molar-refractivity contribution is 5.55. The van der Waals surface area contributed by atoms with Crippen LogP contribution >= 0.6 is 0 Å². The van der Waals surface area contributed by atoms with Crippen LogP contribution < -0.4 is 0 Å². The van der Waals surface area contributed by atoms with Crippen LogP contribution in [0.25, 0.3) is 0 Å². The van der Waals surface area contributed by atoms with Crippen LogP contribution in [0, 0.1) is 11.8 Å². The largest absolute Gasteiger partial charge is 0.411 e. The Morgan fingerprint density at radius 2 is 1.94 bits per heavy atom. The number of ether oxygens (including phenoxy) is 2. The molecule has 2 fully saturated rings. The summed E-state index contributed by atoms with van der Waals surface area (Å²) < 4.78 is 11.2. The molecule has 0 spiro atoms. The van der Waals surface area contributed by atoms with Crippen molar-refractivity contribution in [1.82, 2.24) is 0 Å². The predicted molar refractivity (Wildman–Crippen MR) is 60.7 cm³/mol. The molecule has 0 radical (unpaired) electrons. The number of hydrogen-bond acceptors (Lipinski definition) is 4. The molecule has 92 valence electrons. The van der Waals surface area contributed by atoms with E-state index in [2.05, 4.69) is 5.16 Å². The molecule has 1 saturated heterocycles. The van der Waals surface area contributed by atoms with Crippen molar-refractivity contribution in [3.8, 4) is 0 Å². The zero-order chi connectivity index (χ0) is 11.2. The molecule has 1 aliphatic carbocycles. The van der Waals surface area contributed by atoms with Gasteiger partial charge in [0.05, 0.1) is 13.2 Å². The minimum atomic E-state index is 0.0244. The number of nitrogens with zero attached hydrogens (tertiary/aromatic N) is 1. The van der Waals surface area contributed by atoms with Gasteiger partial charge in [0.25, 0.3) is 0 Å². The molecule has 2 unspecified atom stereocenters. The average molecular weight is 227 g/mol. The quantitative estimate of drug-likeness (QED) is 0.456. The molecule has 0 aromatic heterocycles. The molecule has 0 aromatic carbocycles. The Labute approximate surface area is 96.6 Å². The SMILES string of the molecule is O/N=C/CCC1CCCCC1C1OCCO1. The molecule has 4 heteroatoms. The maximum atomic E-state index is 8.39. The highest BCUT2D eigenvalue weighted by atomic mass is 16.7. The molecule has 0 bridgehead atoms. The van der Waals surface area contributed by atoms with Gasteiger partial charge in [-0.25, -0.2) is 0 Å². The molecule has 1 N–H and O–H groups in total. The molecule has 2 rings (SSSR count). The second-order valence-electron chi connectivity index (χ2n) is 4.69. The Bertz CT molecular complexity index is 226. The van der Waals surface area contributed by atoms with Crippen molar-refractivity contribution < 1.29 is 14.7 Å². The molecule has 2 aliphatic rings. The van der Waals surface area contributed by atoms with Crippen LogP contribution in [0.3, 0.4) is 0 Å². The van der Waals surface area contributed by atoms with Gasteiger partial charge in [-0.05, 0) is 31.6 Å². The maximum Gasteiger partial charge on any atom is 0.160 e. The van der Waals surface area contributed by atoms with Crippen molar-refractivity contribution in [2.45, 2.75) is 44.8 Å². The monoisotopic (exact) mass is 227 g/mol. The van der Waals surface area contributed by atoms with E-state index in [-0.39, 0.29) is 6.29 Å². The number of rotatable bonds is 4. The zero-order valence-corrected chi connectivity index (χ0v) is 9.68. The number of hydrogen-bond donors (Lipinski definition) is 1. The first-order chi connectivity index (χ1) is 7.92. The second kappa shape index (κ2) is 6.21. The van der Waals surface area contributed by atoms with E-state index < -0.39 is 0 Å². The summed E-state index contributed by atoms with van der Waals surface area (Å²) in [5.74, 6) is 1.21. The van der Waals surface area contributed by atoms with Crippen molar-refractivity contribution in [2.24, 2.45) is 17.0 Å². The van der Waals surface area contributed by atoms with Gasteiger partial charge >= 0.3 is 0 Å². The number of oxime groups is 1. The summed E-state index contributed by atoms with van der Waals surface area (Å²) >= 11 is 0. The summed E-state index contributed by atoms with van der Waals surface area (Å²) in [7, 11) is 0. The van der Waals surface area contributed by atoms with Gasteiger partial charge < -0.3 is 14.7 Å². The van der Waals surface area contributed by atoms with Gasteiger partial charge in [-0.3, -0.25) is 0 Å². The van der Waals surface area contributed by atoms with Crippen molar-refractivity contribution in [1.29, 1.82) is 0 Å². The fraction of sp³-hybridized carbons (Fsp3) is 0.917. The van der Waals surface area contributed by atoms with Gasteiger partial charge in [-0.15, -0.1) is 5.16 Å². The van der Waals surface area contributed by atoms with Gasteiger partial charge in [0.15, 0.2) is 6.29 Å². The van der Waals surface area contributed by atoms with Crippen LogP contribution in [0.4, 0.5) is 0 Å². The van der Waals surface area contributed by atoms with Crippen LogP contribution in [0.5, 0.6) is 0 Å². The Balaban J connectivity index is 1.85. The minimum Gasteiger partial charge on any atom is -0.411 e. The van der Waals surface area contributed by atoms with Crippen LogP contribution in [0.1, 0.15) is 38.5 Å². The first-order valence-corrected chi connectivity index (χ1v) is 6.31. The van der Waals surface area contributed by atoms with Crippen molar-refractivity contribution in [3.63, 3.8) is 0 Å². The molecule has 1 aliphatic heterocycles. The smallest absolute Gasteiger partial charge is 0.160 e. The van der Waals surface area contributed by atoms with Gasteiger partial charge in [0.2, 0.25) is 0 Å². The fourth-order valence-corrected chi connectivity index (χ4v) is 2.92. The van der Waals surface area contributed by atoms with E-state index in [9.17, 15) is 0 Å². The van der Waals surface area contributed by atoms with Crippen LogP contribution in [-0.2, 0) is 9.47 Å². The maximum absolute atomic E-state index is 8.39. The van der Waals surface area contributed by atoms with Crippen molar-refractivity contribution in [3.05, 3.63) is 0 Å². The van der Waals surface area contributed by atoms with Gasteiger partial charge in [-0.1, -0.05) is 12.8 Å². The first kappa shape index (κ1) is 11.9. The molecule has 1 saturated carbocycles. The van der Waals surface area contributed by atoms with E-state index in [1.165, 1.54) is 25.7 Å². The highest BCUT2D eigenvalue weighted by Crippen LogP contribution is 2.37. The Kier molecular flexibility index (Phi) is 4.60.